The minimum atomic E-state index is -0.588. The lowest BCUT2D eigenvalue weighted by atomic mass is 10.1. The van der Waals surface area contributed by atoms with Crippen LogP contribution in [0.2, 0.25) is 13.6 Å². The summed E-state index contributed by atoms with van der Waals surface area (Å²) in [7, 11) is 0. The van der Waals surface area contributed by atoms with Gasteiger partial charge in [0.2, 0.25) is 13.0 Å². The predicted molar refractivity (Wildman–Crippen MR) is 133 cm³/mol. The Balaban J connectivity index is 2.08. The third kappa shape index (κ3) is 7.87. The first-order chi connectivity index (χ1) is 16.2. The molecule has 0 unspecified atom stereocenters. The van der Waals surface area contributed by atoms with Crippen LogP contribution in [0.4, 0.5) is 0 Å². The summed E-state index contributed by atoms with van der Waals surface area (Å²) in [6.07, 6.45) is 4.59. The third-order valence-electron chi connectivity index (χ3n) is 3.85. The molecule has 1 amide bonds. The molecular weight excluding hydrogens is 446 g/mol. The molecule has 3 N–H and O–H groups in total. The summed E-state index contributed by atoms with van der Waals surface area (Å²) < 4.78 is 26.3. The van der Waals surface area contributed by atoms with Crippen molar-refractivity contribution < 1.29 is 23.4 Å². The highest BCUT2D eigenvalue weighted by molar-refractivity contribution is 8.19. The fraction of sp³-hybridized carbons (Fsp3) is 0.143. The molecule has 2 aromatic rings. The maximum atomic E-state index is 12.3. The number of nitrogens with zero attached hydrogens (tertiary/aromatic N) is 1. The van der Waals surface area contributed by atoms with Gasteiger partial charge in [-0.05, 0) is 67.9 Å². The van der Waals surface area contributed by atoms with E-state index in [-0.39, 0.29) is 23.6 Å². The summed E-state index contributed by atoms with van der Waals surface area (Å²) >= 11 is 1.92. The van der Waals surface area contributed by atoms with Gasteiger partial charge in [0.25, 0.3) is 5.91 Å². The van der Waals surface area contributed by atoms with E-state index in [0.29, 0.717) is 22.6 Å². The van der Waals surface area contributed by atoms with Crippen molar-refractivity contribution in [3.63, 3.8) is 0 Å². The number of amides is 1. The molecule has 11 heteroatoms. The minimum absolute atomic E-state index is 0.0681. The molecule has 0 bridgehead atoms. The largest absolute Gasteiger partial charge is 0.504 e. The zero-order valence-corrected chi connectivity index (χ0v) is 19.1. The number of rotatable bonds is 11. The summed E-state index contributed by atoms with van der Waals surface area (Å²) in [4.78, 5) is 12.3. The van der Waals surface area contributed by atoms with Gasteiger partial charge in [0.05, 0.1) is 0 Å². The van der Waals surface area contributed by atoms with Crippen LogP contribution >= 0.6 is 23.8 Å². The van der Waals surface area contributed by atoms with Gasteiger partial charge in [-0.1, -0.05) is 37.9 Å². The molecule has 0 aliphatic carbocycles. The monoisotopic (exact) mass is 470 g/mol. The fourth-order valence-electron chi connectivity index (χ4n) is 2.34. The van der Waals surface area contributed by atoms with E-state index >= 15 is 0 Å². The lowest BCUT2D eigenvalue weighted by Crippen LogP contribution is -2.23. The lowest BCUT2D eigenvalue weighted by molar-refractivity contribution is -0.117. The highest BCUT2D eigenvalue weighted by Gasteiger charge is 2.09. The number of hydrogen-bond acceptors (Lipinski definition) is 8. The summed E-state index contributed by atoms with van der Waals surface area (Å²) in [5, 5.41) is 30.8. The van der Waals surface area contributed by atoms with Gasteiger partial charge in [0.1, 0.15) is 11.6 Å². The van der Waals surface area contributed by atoms with Gasteiger partial charge in [-0.3, -0.25) is 4.79 Å². The normalized spacial score (nSPS) is 11.8. The molecule has 2 aromatic carbocycles. The first-order valence-corrected chi connectivity index (χ1v) is 11.0. The van der Waals surface area contributed by atoms with Gasteiger partial charge in [-0.2, -0.15) is 5.26 Å². The molecule has 0 aliphatic heterocycles. The standard InChI is InChI=1S/C21H22B2N2O5S2/c1-22-31-29-19-9-7-14(11-20(19)30-32-23-2)4-3-5-16(12-24)21(28)25-13-15-6-8-17(26)18(27)10-15/h3-11,22-23,26-27H,13H2,1-2H3,(H,25,28)/i22D,23D. The number of phenolic OH excluding ortho intramolecular Hbond substituents is 2. The van der Waals surface area contributed by atoms with Crippen LogP contribution in [0.25, 0.3) is 6.08 Å². The predicted octanol–water partition coefficient (Wildman–Crippen LogP) is 3.73. The average molecular weight is 470 g/mol. The highest BCUT2D eigenvalue weighted by Crippen LogP contribution is 2.33. The van der Waals surface area contributed by atoms with Crippen molar-refractivity contribution in [1.82, 2.24) is 5.32 Å². The molecule has 0 saturated heterocycles. The number of nitriles is 1. The van der Waals surface area contributed by atoms with Crippen molar-refractivity contribution in [2.45, 2.75) is 20.2 Å². The van der Waals surface area contributed by atoms with Gasteiger partial charge in [-0.25, -0.2) is 0 Å². The van der Waals surface area contributed by atoms with Crippen LogP contribution in [-0.4, -0.2) is 31.8 Å². The van der Waals surface area contributed by atoms with Crippen molar-refractivity contribution in [2.24, 2.45) is 0 Å². The van der Waals surface area contributed by atoms with Gasteiger partial charge in [0, 0.05) is 6.54 Å². The lowest BCUT2D eigenvalue weighted by Gasteiger charge is -2.10. The molecule has 0 heterocycles. The van der Waals surface area contributed by atoms with Crippen LogP contribution in [0.5, 0.6) is 23.0 Å². The number of carbonyl (C=O) groups is 1. The van der Waals surface area contributed by atoms with E-state index in [9.17, 15) is 20.3 Å². The zero-order valence-electron chi connectivity index (χ0n) is 19.4. The summed E-state index contributed by atoms with van der Waals surface area (Å²) in [5.41, 5.74) is 1.15. The second-order valence-corrected chi connectivity index (χ2v) is 7.75. The van der Waals surface area contributed by atoms with E-state index < -0.39 is 18.9 Å². The fourth-order valence-corrected chi connectivity index (χ4v) is 3.01. The van der Waals surface area contributed by atoms with Crippen LogP contribution in [-0.2, 0) is 11.3 Å². The van der Waals surface area contributed by atoms with E-state index in [0.717, 1.165) is 23.8 Å². The van der Waals surface area contributed by atoms with E-state index in [2.05, 4.69) is 5.32 Å². The smallest absolute Gasteiger partial charge is 0.262 e. The number of aromatic hydroxyl groups is 2. The van der Waals surface area contributed by atoms with Crippen LogP contribution in [0, 0.1) is 11.3 Å². The zero-order chi connectivity index (χ0) is 25.1. The molecule has 7 nitrogen and oxygen atoms in total. The number of carbonyl (C=O) groups excluding carboxylic acids is 1. The van der Waals surface area contributed by atoms with E-state index in [4.69, 9.17) is 11.0 Å². The number of phenols is 2. The second kappa shape index (κ2) is 13.3. The Morgan fingerprint density at radius 1 is 1.16 bits per heavy atom. The van der Waals surface area contributed by atoms with Gasteiger partial charge in [-0.15, -0.1) is 0 Å². The SMILES string of the molecule is [2H]B(C)SOc1ccc(C=CC=C(C#N)C(=O)NCc2ccc(O)c(O)c2)cc1OSB([2H])C. The highest BCUT2D eigenvalue weighted by atomic mass is 32.2. The number of allylic oxidation sites excluding steroid dienone is 2. The Bertz CT molecular complexity index is 1110. The van der Waals surface area contributed by atoms with Gasteiger partial charge >= 0.3 is 0 Å². The van der Waals surface area contributed by atoms with Crippen molar-refractivity contribution in [3.8, 4) is 29.1 Å². The molecule has 32 heavy (non-hydrogen) atoms. The Hall–Kier alpha value is -3.09. The Kier molecular flexibility index (Phi) is 9.23. The maximum Gasteiger partial charge on any atom is 0.262 e. The molecular formula is C21H22B2N2O5S2. The van der Waals surface area contributed by atoms with Gasteiger partial charge < -0.3 is 23.9 Å². The Morgan fingerprint density at radius 3 is 2.53 bits per heavy atom. The Labute approximate surface area is 199 Å². The molecule has 2 rings (SSSR count). The molecule has 0 aromatic heterocycles. The van der Waals surface area contributed by atoms with E-state index in [1.54, 1.807) is 50.1 Å². The summed E-state index contributed by atoms with van der Waals surface area (Å²) in [6, 6.07) is 11.1. The van der Waals surface area contributed by atoms with E-state index in [1.165, 1.54) is 18.2 Å². The number of nitrogens with one attached hydrogen (secondary N) is 1. The van der Waals surface area contributed by atoms with Crippen molar-refractivity contribution in [1.29, 1.82) is 7.93 Å². The molecule has 0 spiro atoms. The molecule has 0 saturated carbocycles. The quantitative estimate of drug-likeness (QED) is 0.114. The maximum absolute atomic E-state index is 12.3. The molecule has 164 valence electrons. The first kappa shape index (κ1) is 22.1. The first-order valence-electron chi connectivity index (χ1n) is 10.6. The van der Waals surface area contributed by atoms with Crippen molar-refractivity contribution in [3.05, 3.63) is 65.3 Å². The molecule has 0 atom stereocenters. The van der Waals surface area contributed by atoms with Crippen LogP contribution in [0.3, 0.4) is 0 Å². The van der Waals surface area contributed by atoms with Crippen LogP contribution in [0.15, 0.2) is 54.1 Å². The summed E-state index contributed by atoms with van der Waals surface area (Å²) in [5.74, 6) is -0.340. The molecule has 0 aliphatic rings. The molecule has 0 radical (unpaired) electrons. The second-order valence-electron chi connectivity index (χ2n) is 6.09. The number of benzene rings is 2. The van der Waals surface area contributed by atoms with Crippen LogP contribution in [0.1, 0.15) is 11.1 Å². The van der Waals surface area contributed by atoms with E-state index in [1.807, 2.05) is 6.07 Å². The average Bonchev–Trinajstić information content (AvgIpc) is 2.80. The topological polar surface area (TPSA) is 112 Å². The van der Waals surface area contributed by atoms with Crippen molar-refractivity contribution in [2.75, 3.05) is 0 Å². The minimum Gasteiger partial charge on any atom is -0.504 e. The van der Waals surface area contributed by atoms with Crippen molar-refractivity contribution >= 4 is 48.8 Å². The molecule has 0 fully saturated rings. The van der Waals surface area contributed by atoms with Crippen LogP contribution < -0.4 is 13.7 Å². The van der Waals surface area contributed by atoms with Gasteiger partial charge in [0.15, 0.2) is 23.0 Å². The summed E-state index contributed by atoms with van der Waals surface area (Å²) in [6.45, 7) is 2.40. The third-order valence-corrected chi connectivity index (χ3v) is 4.78. The Morgan fingerprint density at radius 2 is 1.88 bits per heavy atom. The number of hydrogen-bond donors (Lipinski definition) is 3.